The molecule has 1 unspecified atom stereocenters. The Morgan fingerprint density at radius 1 is 1.05 bits per heavy atom. The van der Waals surface area contributed by atoms with Crippen LogP contribution in [-0.2, 0) is 4.79 Å². The molecule has 1 atom stereocenters. The molecular formula is C17H15NO. The number of Topliss-reactive ketones (excluding diaryl/α,β-unsaturated/α-hetero) is 1. The summed E-state index contributed by atoms with van der Waals surface area (Å²) in [5.41, 5.74) is 3.16. The number of ketones is 1. The highest BCUT2D eigenvalue weighted by molar-refractivity contribution is 5.77. The Bertz CT molecular complexity index is 593. The van der Waals surface area contributed by atoms with Crippen molar-refractivity contribution in [3.05, 3.63) is 60.2 Å². The highest BCUT2D eigenvalue weighted by atomic mass is 16.1. The third-order valence-electron chi connectivity index (χ3n) is 3.07. The third kappa shape index (κ3) is 3.29. The lowest BCUT2D eigenvalue weighted by molar-refractivity contribution is -0.117. The number of hydrogen-bond donors (Lipinski definition) is 0. The van der Waals surface area contributed by atoms with Crippen molar-refractivity contribution in [1.29, 1.82) is 5.26 Å². The first-order valence-electron chi connectivity index (χ1n) is 6.25. The van der Waals surface area contributed by atoms with E-state index in [-0.39, 0.29) is 18.1 Å². The van der Waals surface area contributed by atoms with Crippen molar-refractivity contribution in [3.8, 4) is 17.2 Å². The first-order valence-corrected chi connectivity index (χ1v) is 6.25. The summed E-state index contributed by atoms with van der Waals surface area (Å²) in [5.74, 6) is -0.305. The molecule has 0 aliphatic rings. The summed E-state index contributed by atoms with van der Waals surface area (Å²) < 4.78 is 0. The van der Waals surface area contributed by atoms with Gasteiger partial charge in [0.05, 0.1) is 12.0 Å². The maximum atomic E-state index is 11.1. The van der Waals surface area contributed by atoms with E-state index in [1.54, 1.807) is 0 Å². The molecule has 0 aliphatic heterocycles. The molecule has 0 radical (unpaired) electrons. The van der Waals surface area contributed by atoms with Crippen molar-refractivity contribution < 1.29 is 4.79 Å². The summed E-state index contributed by atoms with van der Waals surface area (Å²) in [6.45, 7) is 1.52. The van der Waals surface area contributed by atoms with E-state index < -0.39 is 0 Å². The monoisotopic (exact) mass is 249 g/mol. The molecule has 2 aromatic carbocycles. The zero-order valence-corrected chi connectivity index (χ0v) is 10.8. The first-order chi connectivity index (χ1) is 9.20. The summed E-state index contributed by atoms with van der Waals surface area (Å²) in [6, 6.07) is 20.1. The maximum Gasteiger partial charge on any atom is 0.131 e. The van der Waals surface area contributed by atoms with Crippen LogP contribution >= 0.6 is 0 Å². The van der Waals surface area contributed by atoms with Crippen molar-refractivity contribution in [2.24, 2.45) is 0 Å². The quantitative estimate of drug-likeness (QED) is 0.823. The number of carbonyl (C=O) groups excluding carboxylic acids is 1. The molecule has 0 spiro atoms. The van der Waals surface area contributed by atoms with Crippen LogP contribution in [-0.4, -0.2) is 5.78 Å². The Labute approximate surface area is 113 Å². The molecule has 2 rings (SSSR count). The van der Waals surface area contributed by atoms with Crippen molar-refractivity contribution in [2.45, 2.75) is 19.3 Å². The molecule has 0 N–H and O–H groups in total. The summed E-state index contributed by atoms with van der Waals surface area (Å²) in [6.07, 6.45) is 0.279. The number of hydrogen-bond acceptors (Lipinski definition) is 2. The topological polar surface area (TPSA) is 40.9 Å². The van der Waals surface area contributed by atoms with Gasteiger partial charge < -0.3 is 0 Å². The Balaban J connectivity index is 2.23. The lowest BCUT2D eigenvalue weighted by atomic mass is 9.93. The number of benzene rings is 2. The predicted octanol–water partition coefficient (Wildman–Crippen LogP) is 3.94. The Morgan fingerprint density at radius 3 is 2.16 bits per heavy atom. The summed E-state index contributed by atoms with van der Waals surface area (Å²) in [7, 11) is 0. The van der Waals surface area contributed by atoms with Gasteiger partial charge in [0, 0.05) is 6.42 Å². The molecule has 0 heterocycles. The summed E-state index contributed by atoms with van der Waals surface area (Å²) in [4.78, 5) is 11.1. The minimum Gasteiger partial charge on any atom is -0.300 e. The van der Waals surface area contributed by atoms with Crippen LogP contribution in [0.3, 0.4) is 0 Å². The fraction of sp³-hybridized carbons (Fsp3) is 0.176. The Hall–Kier alpha value is -2.40. The van der Waals surface area contributed by atoms with Gasteiger partial charge in [0.1, 0.15) is 5.78 Å². The van der Waals surface area contributed by atoms with Crippen molar-refractivity contribution >= 4 is 5.78 Å². The van der Waals surface area contributed by atoms with Gasteiger partial charge in [0.25, 0.3) is 0 Å². The van der Waals surface area contributed by atoms with E-state index in [2.05, 4.69) is 6.07 Å². The summed E-state index contributed by atoms with van der Waals surface area (Å²) in [5, 5.41) is 9.11. The number of rotatable bonds is 4. The lowest BCUT2D eigenvalue weighted by Crippen LogP contribution is -2.01. The lowest BCUT2D eigenvalue weighted by Gasteiger charge is -2.08. The van der Waals surface area contributed by atoms with Crippen LogP contribution in [0.15, 0.2) is 54.6 Å². The van der Waals surface area contributed by atoms with Gasteiger partial charge >= 0.3 is 0 Å². The SMILES string of the molecule is CC(=O)CC(C#N)c1ccc(-c2ccccc2)cc1. The van der Waals surface area contributed by atoms with E-state index in [0.29, 0.717) is 0 Å². The van der Waals surface area contributed by atoms with E-state index in [1.165, 1.54) is 6.92 Å². The van der Waals surface area contributed by atoms with Gasteiger partial charge in [-0.3, -0.25) is 4.79 Å². The zero-order valence-electron chi connectivity index (χ0n) is 10.8. The normalized spacial score (nSPS) is 11.6. The smallest absolute Gasteiger partial charge is 0.131 e. The van der Waals surface area contributed by atoms with Gasteiger partial charge in [0.2, 0.25) is 0 Å². The fourth-order valence-corrected chi connectivity index (χ4v) is 2.06. The minimum atomic E-state index is -0.345. The van der Waals surface area contributed by atoms with E-state index in [1.807, 2.05) is 54.6 Å². The second-order valence-corrected chi connectivity index (χ2v) is 4.58. The molecule has 0 aliphatic carbocycles. The van der Waals surface area contributed by atoms with E-state index in [4.69, 9.17) is 5.26 Å². The van der Waals surface area contributed by atoms with Crippen molar-refractivity contribution in [1.82, 2.24) is 0 Å². The Morgan fingerprint density at radius 2 is 1.63 bits per heavy atom. The van der Waals surface area contributed by atoms with Crippen LogP contribution in [0, 0.1) is 11.3 Å². The molecule has 2 heteroatoms. The number of carbonyl (C=O) groups is 1. The second kappa shape index (κ2) is 5.97. The van der Waals surface area contributed by atoms with E-state index in [0.717, 1.165) is 16.7 Å². The van der Waals surface area contributed by atoms with Crippen LogP contribution in [0.1, 0.15) is 24.8 Å². The maximum absolute atomic E-state index is 11.1. The largest absolute Gasteiger partial charge is 0.300 e. The average Bonchev–Trinajstić information content (AvgIpc) is 2.46. The highest BCUT2D eigenvalue weighted by Crippen LogP contribution is 2.24. The standard InChI is InChI=1S/C17H15NO/c1-13(19)11-17(12-18)16-9-7-15(8-10-16)14-5-3-2-4-6-14/h2-10,17H,11H2,1H3. The molecule has 0 saturated heterocycles. The van der Waals surface area contributed by atoms with Gasteiger partial charge in [-0.05, 0) is 23.6 Å². The van der Waals surface area contributed by atoms with Gasteiger partial charge in [-0.1, -0.05) is 54.6 Å². The van der Waals surface area contributed by atoms with E-state index in [9.17, 15) is 4.79 Å². The molecule has 2 aromatic rings. The molecule has 0 saturated carbocycles. The van der Waals surface area contributed by atoms with Crippen LogP contribution in [0.25, 0.3) is 11.1 Å². The zero-order chi connectivity index (χ0) is 13.7. The second-order valence-electron chi connectivity index (χ2n) is 4.58. The molecule has 0 fully saturated rings. The van der Waals surface area contributed by atoms with Gasteiger partial charge in [0.15, 0.2) is 0 Å². The van der Waals surface area contributed by atoms with Crippen LogP contribution in [0.4, 0.5) is 0 Å². The fourth-order valence-electron chi connectivity index (χ4n) is 2.06. The van der Waals surface area contributed by atoms with Crippen molar-refractivity contribution in [2.75, 3.05) is 0 Å². The predicted molar refractivity (Wildman–Crippen MR) is 75.5 cm³/mol. The van der Waals surface area contributed by atoms with Gasteiger partial charge in [-0.15, -0.1) is 0 Å². The van der Waals surface area contributed by atoms with Gasteiger partial charge in [-0.25, -0.2) is 0 Å². The minimum absolute atomic E-state index is 0.0404. The molecule has 0 aromatic heterocycles. The summed E-state index contributed by atoms with van der Waals surface area (Å²) >= 11 is 0. The number of nitrogens with zero attached hydrogens (tertiary/aromatic N) is 1. The molecule has 0 amide bonds. The van der Waals surface area contributed by atoms with Gasteiger partial charge in [-0.2, -0.15) is 5.26 Å². The number of nitriles is 1. The molecule has 0 bridgehead atoms. The first kappa shape index (κ1) is 13.0. The van der Waals surface area contributed by atoms with Crippen molar-refractivity contribution in [3.63, 3.8) is 0 Å². The van der Waals surface area contributed by atoms with Crippen LogP contribution in [0.2, 0.25) is 0 Å². The average molecular weight is 249 g/mol. The van der Waals surface area contributed by atoms with Crippen LogP contribution < -0.4 is 0 Å². The highest BCUT2D eigenvalue weighted by Gasteiger charge is 2.12. The molecule has 2 nitrogen and oxygen atoms in total. The molecular weight excluding hydrogens is 234 g/mol. The van der Waals surface area contributed by atoms with E-state index >= 15 is 0 Å². The molecule has 19 heavy (non-hydrogen) atoms. The Kier molecular flexibility index (Phi) is 4.10. The third-order valence-corrected chi connectivity index (χ3v) is 3.07. The molecule has 94 valence electrons. The van der Waals surface area contributed by atoms with Crippen LogP contribution in [0.5, 0.6) is 0 Å².